The zero-order valence-electron chi connectivity index (χ0n) is 10.3. The molecular formula is C13H20ClNO2. The van der Waals surface area contributed by atoms with Crippen molar-refractivity contribution in [3.05, 3.63) is 34.9 Å². The maximum absolute atomic E-state index is 10.6. The average molecular weight is 258 g/mol. The molecule has 2 N–H and O–H groups in total. The predicted molar refractivity (Wildman–Crippen MR) is 70.1 cm³/mol. The Kier molecular flexibility index (Phi) is 3.21. The Balaban J connectivity index is 0.00000162. The highest BCUT2D eigenvalue weighted by molar-refractivity contribution is 6.30. The van der Waals surface area contributed by atoms with Gasteiger partial charge in [0.15, 0.2) is 0 Å². The van der Waals surface area contributed by atoms with E-state index in [1.165, 1.54) is 0 Å². The second kappa shape index (κ2) is 4.25. The molecule has 17 heavy (non-hydrogen) atoms. The van der Waals surface area contributed by atoms with Gasteiger partial charge in [0.1, 0.15) is 0 Å². The molecule has 1 aromatic rings. The van der Waals surface area contributed by atoms with E-state index in [4.69, 9.17) is 16.3 Å². The highest BCUT2D eigenvalue weighted by Gasteiger charge is 2.44. The number of ether oxygens (including phenoxy) is 1. The van der Waals surface area contributed by atoms with Crippen LogP contribution in [-0.2, 0) is 10.5 Å². The van der Waals surface area contributed by atoms with Crippen molar-refractivity contribution >= 4 is 11.6 Å². The second-order valence-corrected chi connectivity index (χ2v) is 5.68. The van der Waals surface area contributed by atoms with Crippen LogP contribution in [0.25, 0.3) is 0 Å². The van der Waals surface area contributed by atoms with Gasteiger partial charge in [-0.15, -0.1) is 0 Å². The smallest absolute Gasteiger partial charge is 0.208 e. The van der Waals surface area contributed by atoms with Crippen LogP contribution in [0.1, 0.15) is 27.8 Å². The minimum Gasteiger partial charge on any atom is -0.361 e. The van der Waals surface area contributed by atoms with Gasteiger partial charge in [0.25, 0.3) is 0 Å². The van der Waals surface area contributed by atoms with E-state index < -0.39 is 5.79 Å². The molecule has 0 bridgehead atoms. The summed E-state index contributed by atoms with van der Waals surface area (Å²) in [4.78, 5) is 0. The van der Waals surface area contributed by atoms with Crippen LogP contribution in [0.5, 0.6) is 0 Å². The summed E-state index contributed by atoms with van der Waals surface area (Å²) in [5.41, 5.74) is 0.546. The predicted octanol–water partition coefficient (Wildman–Crippen LogP) is 2.52. The number of hydrogen-bond donors (Lipinski definition) is 2. The molecule has 0 radical (unpaired) electrons. The molecule has 1 aliphatic heterocycles. The number of rotatable bonds is 1. The lowest BCUT2D eigenvalue weighted by Gasteiger charge is -2.46. The van der Waals surface area contributed by atoms with Crippen LogP contribution in [0.15, 0.2) is 24.3 Å². The fraction of sp³-hybridized carbons (Fsp3) is 0.538. The molecule has 0 aromatic heterocycles. The van der Waals surface area contributed by atoms with E-state index in [2.05, 4.69) is 5.32 Å². The minimum absolute atomic E-state index is 0. The highest BCUT2D eigenvalue weighted by atomic mass is 35.5. The zero-order valence-corrected chi connectivity index (χ0v) is 11.1. The van der Waals surface area contributed by atoms with Gasteiger partial charge < -0.3 is 15.2 Å². The van der Waals surface area contributed by atoms with E-state index in [-0.39, 0.29) is 13.0 Å². The number of morpholine rings is 1. The van der Waals surface area contributed by atoms with Crippen molar-refractivity contribution in [3.8, 4) is 0 Å². The van der Waals surface area contributed by atoms with Gasteiger partial charge in [-0.2, -0.15) is 0 Å². The first-order valence-corrected chi connectivity index (χ1v) is 6.11. The molecule has 0 amide bonds. The van der Waals surface area contributed by atoms with Crippen molar-refractivity contribution in [2.24, 2.45) is 0 Å². The number of benzene rings is 1. The molecule has 2 rings (SSSR count). The molecule has 96 valence electrons. The molecule has 0 aliphatic carbocycles. The Morgan fingerprint density at radius 1 is 1.53 bits per heavy atom. The lowest BCUT2D eigenvalue weighted by Crippen LogP contribution is -2.63. The summed E-state index contributed by atoms with van der Waals surface area (Å²) in [6.45, 7) is 6.43. The van der Waals surface area contributed by atoms with Crippen molar-refractivity contribution in [2.45, 2.75) is 38.1 Å². The number of halogens is 1. The van der Waals surface area contributed by atoms with Gasteiger partial charge in [0.05, 0.1) is 12.6 Å². The molecule has 1 aliphatic rings. The standard InChI is InChI=1S/C13H18ClNO2.H2/c1-9-13(16,17-8-12(2,3)15-9)10-5-4-6-11(14)7-10;/h4-7,9,15-16H,8H2,1-3H3;1H/t9-,13+;/m0./s1. The zero-order chi connectivity index (χ0) is 12.7. The van der Waals surface area contributed by atoms with E-state index >= 15 is 0 Å². The quantitative estimate of drug-likeness (QED) is 0.812. The van der Waals surface area contributed by atoms with Crippen LogP contribution in [0.2, 0.25) is 5.02 Å². The molecule has 0 spiro atoms. The summed E-state index contributed by atoms with van der Waals surface area (Å²) in [7, 11) is 0. The minimum atomic E-state index is -1.32. The average Bonchev–Trinajstić information content (AvgIpc) is 2.24. The Hall–Kier alpha value is -0.610. The lowest BCUT2D eigenvalue weighted by molar-refractivity contribution is -0.263. The summed E-state index contributed by atoms with van der Waals surface area (Å²) in [6.07, 6.45) is 0. The van der Waals surface area contributed by atoms with Crippen LogP contribution in [0.4, 0.5) is 0 Å². The van der Waals surface area contributed by atoms with E-state index in [0.29, 0.717) is 17.2 Å². The second-order valence-electron chi connectivity index (χ2n) is 5.25. The van der Waals surface area contributed by atoms with Gasteiger partial charge in [-0.25, -0.2) is 0 Å². The van der Waals surface area contributed by atoms with Crippen molar-refractivity contribution in [3.63, 3.8) is 0 Å². The summed E-state index contributed by atoms with van der Waals surface area (Å²) < 4.78 is 5.67. The maximum atomic E-state index is 10.6. The van der Waals surface area contributed by atoms with Gasteiger partial charge in [-0.3, -0.25) is 0 Å². The Labute approximate surface area is 108 Å². The molecule has 4 heteroatoms. The summed E-state index contributed by atoms with van der Waals surface area (Å²) >= 11 is 5.94. The van der Waals surface area contributed by atoms with Crippen LogP contribution >= 0.6 is 11.6 Å². The Morgan fingerprint density at radius 2 is 2.24 bits per heavy atom. The molecule has 1 saturated heterocycles. The van der Waals surface area contributed by atoms with Gasteiger partial charge in [0, 0.05) is 17.6 Å². The number of aliphatic hydroxyl groups is 1. The van der Waals surface area contributed by atoms with E-state index in [1.54, 1.807) is 12.1 Å². The normalized spacial score (nSPS) is 32.4. The van der Waals surface area contributed by atoms with Crippen molar-refractivity contribution in [2.75, 3.05) is 6.61 Å². The lowest BCUT2D eigenvalue weighted by atomic mass is 9.93. The first-order valence-electron chi connectivity index (χ1n) is 5.74. The Morgan fingerprint density at radius 3 is 2.82 bits per heavy atom. The highest BCUT2D eigenvalue weighted by Crippen LogP contribution is 2.33. The van der Waals surface area contributed by atoms with Gasteiger partial charge in [0.2, 0.25) is 5.79 Å². The molecule has 2 atom stereocenters. The molecule has 3 nitrogen and oxygen atoms in total. The molecule has 1 heterocycles. The molecule has 1 aromatic carbocycles. The maximum Gasteiger partial charge on any atom is 0.208 e. The molecule has 0 saturated carbocycles. The molecular weight excluding hydrogens is 238 g/mol. The molecule has 1 fully saturated rings. The Bertz CT molecular complexity index is 427. The summed E-state index contributed by atoms with van der Waals surface area (Å²) in [5.74, 6) is -1.32. The van der Waals surface area contributed by atoms with Crippen molar-refractivity contribution < 1.29 is 11.3 Å². The van der Waals surface area contributed by atoms with Gasteiger partial charge in [-0.05, 0) is 32.9 Å². The SMILES string of the molecule is C[C@@H]1NC(C)(C)CO[C@@]1(O)c1cccc(Cl)c1.[HH]. The van der Waals surface area contributed by atoms with Crippen LogP contribution in [-0.4, -0.2) is 23.3 Å². The number of hydrogen-bond acceptors (Lipinski definition) is 3. The molecule has 0 unspecified atom stereocenters. The van der Waals surface area contributed by atoms with Crippen molar-refractivity contribution in [1.29, 1.82) is 0 Å². The van der Waals surface area contributed by atoms with Crippen LogP contribution < -0.4 is 5.32 Å². The first kappa shape index (κ1) is 12.8. The van der Waals surface area contributed by atoms with Gasteiger partial charge in [-0.1, -0.05) is 23.7 Å². The van der Waals surface area contributed by atoms with Crippen LogP contribution in [0, 0.1) is 0 Å². The van der Waals surface area contributed by atoms with E-state index in [0.717, 1.165) is 0 Å². The number of nitrogens with one attached hydrogen (secondary N) is 1. The third-order valence-electron chi connectivity index (χ3n) is 3.09. The summed E-state index contributed by atoms with van der Waals surface area (Å²) in [6, 6.07) is 6.94. The third-order valence-corrected chi connectivity index (χ3v) is 3.32. The van der Waals surface area contributed by atoms with E-state index in [9.17, 15) is 5.11 Å². The van der Waals surface area contributed by atoms with E-state index in [1.807, 2.05) is 32.9 Å². The fourth-order valence-corrected chi connectivity index (χ4v) is 2.38. The monoisotopic (exact) mass is 257 g/mol. The third kappa shape index (κ3) is 2.47. The largest absolute Gasteiger partial charge is 0.361 e. The van der Waals surface area contributed by atoms with Crippen molar-refractivity contribution in [1.82, 2.24) is 5.32 Å². The van der Waals surface area contributed by atoms with Gasteiger partial charge >= 0.3 is 0 Å². The summed E-state index contributed by atoms with van der Waals surface area (Å²) in [5, 5.41) is 14.6. The fourth-order valence-electron chi connectivity index (χ4n) is 2.19. The topological polar surface area (TPSA) is 41.5 Å². The van der Waals surface area contributed by atoms with Crippen LogP contribution in [0.3, 0.4) is 0 Å². The first-order chi connectivity index (χ1) is 7.83.